The van der Waals surface area contributed by atoms with Crippen molar-refractivity contribution in [2.45, 2.75) is 83.0 Å². The number of unbranched alkanes of at least 4 members (excludes halogenated alkanes) is 3. The number of hydrogen-bond acceptors (Lipinski definition) is 4. The lowest BCUT2D eigenvalue weighted by Crippen LogP contribution is -2.27. The van der Waals surface area contributed by atoms with E-state index in [2.05, 4.69) is 6.92 Å². The topological polar surface area (TPSA) is 98.0 Å². The molecule has 5 heteroatoms. The van der Waals surface area contributed by atoms with Gasteiger partial charge in [-0.1, -0.05) is 56.6 Å². The summed E-state index contributed by atoms with van der Waals surface area (Å²) in [5, 5.41) is 38.1. The zero-order valence-electron chi connectivity index (χ0n) is 15.3. The highest BCUT2D eigenvalue weighted by molar-refractivity contribution is 5.80. The summed E-state index contributed by atoms with van der Waals surface area (Å²) in [7, 11) is 0. The average Bonchev–Trinajstić information content (AvgIpc) is 2.57. The summed E-state index contributed by atoms with van der Waals surface area (Å²) in [4.78, 5) is 10.2. The van der Waals surface area contributed by atoms with Gasteiger partial charge in [0, 0.05) is 6.08 Å². The van der Waals surface area contributed by atoms with Crippen LogP contribution < -0.4 is 0 Å². The Kier molecular flexibility index (Phi) is 15.1. The molecule has 0 aliphatic rings. The Morgan fingerprint density at radius 3 is 2.20 bits per heavy atom. The summed E-state index contributed by atoms with van der Waals surface area (Å²) in [5.74, 6) is -0.977. The first-order chi connectivity index (χ1) is 12.0. The number of carboxylic acids is 1. The predicted molar refractivity (Wildman–Crippen MR) is 100 cm³/mol. The zero-order valence-corrected chi connectivity index (χ0v) is 15.3. The smallest absolute Gasteiger partial charge is 0.328 e. The second kappa shape index (κ2) is 16.1. The molecule has 0 heterocycles. The second-order valence-electron chi connectivity index (χ2n) is 6.30. The maximum absolute atomic E-state index is 10.2. The molecule has 0 saturated carbocycles. The van der Waals surface area contributed by atoms with Crippen molar-refractivity contribution < 1.29 is 25.2 Å². The summed E-state index contributed by atoms with van der Waals surface area (Å²) in [5.41, 5.74) is 0. The first kappa shape index (κ1) is 23.6. The van der Waals surface area contributed by atoms with Crippen molar-refractivity contribution in [2.75, 3.05) is 0 Å². The minimum Gasteiger partial charge on any atom is -0.478 e. The first-order valence-electron chi connectivity index (χ1n) is 9.24. The van der Waals surface area contributed by atoms with Crippen LogP contribution in [0.3, 0.4) is 0 Å². The quantitative estimate of drug-likeness (QED) is 0.205. The van der Waals surface area contributed by atoms with E-state index in [0.29, 0.717) is 19.3 Å². The van der Waals surface area contributed by atoms with Gasteiger partial charge in [-0.2, -0.15) is 0 Å². The van der Waals surface area contributed by atoms with Gasteiger partial charge < -0.3 is 20.4 Å². The molecular formula is C20H34O5. The molecule has 0 aromatic rings. The van der Waals surface area contributed by atoms with Crippen molar-refractivity contribution in [3.63, 3.8) is 0 Å². The summed E-state index contributed by atoms with van der Waals surface area (Å²) < 4.78 is 0. The SMILES string of the molecule is CCCCCC(O)CCC(O)C(O)CCCC=CC=CC=CC(=O)O. The Bertz CT molecular complexity index is 414. The lowest BCUT2D eigenvalue weighted by Gasteiger charge is -2.19. The molecule has 0 saturated heterocycles. The van der Waals surface area contributed by atoms with Crippen molar-refractivity contribution in [1.82, 2.24) is 0 Å². The van der Waals surface area contributed by atoms with Gasteiger partial charge >= 0.3 is 5.97 Å². The molecule has 0 bridgehead atoms. The van der Waals surface area contributed by atoms with Crippen LogP contribution in [0.5, 0.6) is 0 Å². The minimum absolute atomic E-state index is 0.390. The molecule has 144 valence electrons. The van der Waals surface area contributed by atoms with Crippen LogP contribution in [0.1, 0.15) is 64.7 Å². The number of rotatable bonds is 15. The van der Waals surface area contributed by atoms with Crippen LogP contribution in [-0.4, -0.2) is 44.7 Å². The fourth-order valence-electron chi connectivity index (χ4n) is 2.41. The molecule has 0 amide bonds. The van der Waals surface area contributed by atoms with Crippen LogP contribution in [0.15, 0.2) is 36.5 Å². The lowest BCUT2D eigenvalue weighted by molar-refractivity contribution is -0.131. The van der Waals surface area contributed by atoms with E-state index in [-0.39, 0.29) is 0 Å². The standard InChI is InChI=1S/C20H34O5/c1-2-3-9-12-17(21)15-16-19(23)18(22)13-10-7-5-4-6-8-11-14-20(24)25/h4-6,8,11,14,17-19,21-23H,2-3,7,9-10,12-13,15-16H2,1H3,(H,24,25). The van der Waals surface area contributed by atoms with Gasteiger partial charge in [-0.25, -0.2) is 4.79 Å². The molecule has 0 rings (SSSR count). The Labute approximate surface area is 151 Å². The highest BCUT2D eigenvalue weighted by Crippen LogP contribution is 2.14. The Morgan fingerprint density at radius 1 is 0.840 bits per heavy atom. The molecule has 0 radical (unpaired) electrons. The maximum Gasteiger partial charge on any atom is 0.328 e. The number of carboxylic acid groups (broad SMARTS) is 1. The number of aliphatic hydroxyl groups is 3. The molecule has 0 aromatic carbocycles. The minimum atomic E-state index is -0.977. The molecule has 0 aliphatic heterocycles. The van der Waals surface area contributed by atoms with Crippen molar-refractivity contribution in [3.05, 3.63) is 36.5 Å². The molecular weight excluding hydrogens is 320 g/mol. The van der Waals surface area contributed by atoms with Gasteiger partial charge in [0.1, 0.15) is 0 Å². The predicted octanol–water partition coefficient (Wildman–Crippen LogP) is 3.35. The van der Waals surface area contributed by atoms with E-state index in [1.807, 2.05) is 12.2 Å². The molecule has 0 spiro atoms. The van der Waals surface area contributed by atoms with Crippen molar-refractivity contribution in [2.24, 2.45) is 0 Å². The highest BCUT2D eigenvalue weighted by Gasteiger charge is 2.17. The van der Waals surface area contributed by atoms with Crippen molar-refractivity contribution in [1.29, 1.82) is 0 Å². The zero-order chi connectivity index (χ0) is 18.9. The summed E-state index contributed by atoms with van der Waals surface area (Å²) in [6.07, 6.45) is 14.7. The fraction of sp³-hybridized carbons (Fsp3) is 0.650. The Balaban J connectivity index is 3.76. The number of allylic oxidation sites excluding steroid dienone is 5. The number of aliphatic carboxylic acids is 1. The monoisotopic (exact) mass is 354 g/mol. The summed E-state index contributed by atoms with van der Waals surface area (Å²) in [6.45, 7) is 2.12. The van der Waals surface area contributed by atoms with E-state index < -0.39 is 24.3 Å². The number of hydrogen-bond donors (Lipinski definition) is 4. The Hall–Kier alpha value is -1.43. The van der Waals surface area contributed by atoms with Crippen molar-refractivity contribution >= 4 is 5.97 Å². The normalized spacial score (nSPS) is 16.0. The van der Waals surface area contributed by atoms with Gasteiger partial charge in [0.2, 0.25) is 0 Å². The molecule has 25 heavy (non-hydrogen) atoms. The van der Waals surface area contributed by atoms with Crippen LogP contribution in [0.2, 0.25) is 0 Å². The molecule has 0 aliphatic carbocycles. The molecule has 0 aromatic heterocycles. The van der Waals surface area contributed by atoms with E-state index in [9.17, 15) is 20.1 Å². The van der Waals surface area contributed by atoms with Crippen LogP contribution >= 0.6 is 0 Å². The van der Waals surface area contributed by atoms with Crippen LogP contribution in [0.4, 0.5) is 0 Å². The van der Waals surface area contributed by atoms with Gasteiger partial charge in [0.05, 0.1) is 18.3 Å². The van der Waals surface area contributed by atoms with E-state index in [1.54, 1.807) is 12.2 Å². The number of aliphatic hydroxyl groups excluding tert-OH is 3. The van der Waals surface area contributed by atoms with Crippen LogP contribution in [0, 0.1) is 0 Å². The van der Waals surface area contributed by atoms with Gasteiger partial charge in [0.25, 0.3) is 0 Å². The third-order valence-electron chi connectivity index (χ3n) is 3.96. The summed E-state index contributed by atoms with van der Waals surface area (Å²) in [6, 6.07) is 0. The highest BCUT2D eigenvalue weighted by atomic mass is 16.4. The van der Waals surface area contributed by atoms with Gasteiger partial charge in [-0.15, -0.1) is 0 Å². The Morgan fingerprint density at radius 2 is 1.52 bits per heavy atom. The van der Waals surface area contributed by atoms with Crippen molar-refractivity contribution in [3.8, 4) is 0 Å². The van der Waals surface area contributed by atoms with E-state index >= 15 is 0 Å². The van der Waals surface area contributed by atoms with Crippen LogP contribution in [-0.2, 0) is 4.79 Å². The third-order valence-corrected chi connectivity index (χ3v) is 3.96. The van der Waals surface area contributed by atoms with E-state index in [0.717, 1.165) is 44.6 Å². The lowest BCUT2D eigenvalue weighted by atomic mass is 9.99. The van der Waals surface area contributed by atoms with Gasteiger partial charge in [0.15, 0.2) is 0 Å². The van der Waals surface area contributed by atoms with Gasteiger partial charge in [-0.05, 0) is 38.5 Å². The third kappa shape index (κ3) is 15.8. The largest absolute Gasteiger partial charge is 0.478 e. The number of carbonyl (C=O) groups is 1. The molecule has 3 atom stereocenters. The molecule has 4 N–H and O–H groups in total. The fourth-order valence-corrected chi connectivity index (χ4v) is 2.41. The second-order valence-corrected chi connectivity index (χ2v) is 6.30. The molecule has 3 unspecified atom stereocenters. The van der Waals surface area contributed by atoms with Gasteiger partial charge in [-0.3, -0.25) is 0 Å². The maximum atomic E-state index is 10.2. The van der Waals surface area contributed by atoms with E-state index in [1.165, 1.54) is 6.08 Å². The first-order valence-corrected chi connectivity index (χ1v) is 9.24. The summed E-state index contributed by atoms with van der Waals surface area (Å²) >= 11 is 0. The molecule has 5 nitrogen and oxygen atoms in total. The van der Waals surface area contributed by atoms with Crippen LogP contribution in [0.25, 0.3) is 0 Å². The molecule has 0 fully saturated rings. The van der Waals surface area contributed by atoms with E-state index in [4.69, 9.17) is 5.11 Å². The average molecular weight is 354 g/mol.